The standard InChI is InChI=1S/C10H6F6O3/c1-18-19-8(17)6-4-5(9(11,12)13)2-3-7(6)10(14,15)16/h2-4H,1H3. The smallest absolute Gasteiger partial charge is 0.293 e. The molecule has 0 saturated carbocycles. The van der Waals surface area contributed by atoms with Crippen molar-refractivity contribution in [3.63, 3.8) is 0 Å². The second kappa shape index (κ2) is 5.08. The Balaban J connectivity index is 3.39. The van der Waals surface area contributed by atoms with E-state index in [9.17, 15) is 31.1 Å². The van der Waals surface area contributed by atoms with Gasteiger partial charge in [-0.3, -0.25) is 4.89 Å². The normalized spacial score (nSPS) is 12.4. The van der Waals surface area contributed by atoms with Gasteiger partial charge in [0.15, 0.2) is 0 Å². The quantitative estimate of drug-likeness (QED) is 0.475. The Hall–Kier alpha value is -1.77. The summed E-state index contributed by atoms with van der Waals surface area (Å²) in [5.74, 6) is -1.67. The summed E-state index contributed by atoms with van der Waals surface area (Å²) in [5.41, 5.74) is -4.21. The van der Waals surface area contributed by atoms with Gasteiger partial charge in [0, 0.05) is 0 Å². The number of carbonyl (C=O) groups excluding carboxylic acids is 1. The summed E-state index contributed by atoms with van der Waals surface area (Å²) in [5, 5.41) is 0. The molecule has 106 valence electrons. The molecule has 0 aliphatic rings. The van der Waals surface area contributed by atoms with Gasteiger partial charge in [0.1, 0.15) is 0 Å². The topological polar surface area (TPSA) is 35.5 Å². The molecular formula is C10H6F6O3. The van der Waals surface area contributed by atoms with E-state index in [-0.39, 0.29) is 18.2 Å². The van der Waals surface area contributed by atoms with Gasteiger partial charge in [0.2, 0.25) is 0 Å². The molecule has 0 spiro atoms. The van der Waals surface area contributed by atoms with Gasteiger partial charge in [-0.25, -0.2) is 4.79 Å². The molecule has 0 aliphatic heterocycles. The fourth-order valence-corrected chi connectivity index (χ4v) is 1.26. The molecule has 3 nitrogen and oxygen atoms in total. The van der Waals surface area contributed by atoms with Crippen LogP contribution in [0.15, 0.2) is 18.2 Å². The largest absolute Gasteiger partial charge is 0.417 e. The minimum atomic E-state index is -4.99. The highest BCUT2D eigenvalue weighted by molar-refractivity contribution is 5.91. The van der Waals surface area contributed by atoms with Gasteiger partial charge in [-0.2, -0.15) is 31.2 Å². The van der Waals surface area contributed by atoms with E-state index in [1.165, 1.54) is 0 Å². The van der Waals surface area contributed by atoms with Gasteiger partial charge in [0.25, 0.3) is 0 Å². The van der Waals surface area contributed by atoms with Crippen molar-refractivity contribution in [3.05, 3.63) is 34.9 Å². The molecule has 0 radical (unpaired) electrons. The van der Waals surface area contributed by atoms with E-state index < -0.39 is 35.0 Å². The Morgan fingerprint density at radius 3 is 2.05 bits per heavy atom. The summed E-state index contributed by atoms with van der Waals surface area (Å²) < 4.78 is 74.8. The van der Waals surface area contributed by atoms with E-state index >= 15 is 0 Å². The third-order valence-electron chi connectivity index (χ3n) is 2.03. The van der Waals surface area contributed by atoms with Crippen molar-refractivity contribution in [2.24, 2.45) is 0 Å². The zero-order chi connectivity index (χ0) is 14.8. The Bertz CT molecular complexity index is 477. The third-order valence-corrected chi connectivity index (χ3v) is 2.03. The Labute approximate surface area is 102 Å². The lowest BCUT2D eigenvalue weighted by Crippen LogP contribution is -2.17. The van der Waals surface area contributed by atoms with Crippen LogP contribution in [0.5, 0.6) is 0 Å². The molecule has 0 N–H and O–H groups in total. The Morgan fingerprint density at radius 2 is 1.63 bits per heavy atom. The molecule has 19 heavy (non-hydrogen) atoms. The van der Waals surface area contributed by atoms with Crippen molar-refractivity contribution in [3.8, 4) is 0 Å². The number of halogens is 6. The predicted octanol–water partition coefficient (Wildman–Crippen LogP) is 3.44. The average Bonchev–Trinajstić information content (AvgIpc) is 2.26. The van der Waals surface area contributed by atoms with E-state index in [0.717, 1.165) is 7.11 Å². The highest BCUT2D eigenvalue weighted by Crippen LogP contribution is 2.36. The average molecular weight is 288 g/mol. The SMILES string of the molecule is COOC(=O)c1cc(C(F)(F)F)ccc1C(F)(F)F. The Morgan fingerprint density at radius 1 is 1.05 bits per heavy atom. The molecular weight excluding hydrogens is 282 g/mol. The molecule has 9 heteroatoms. The molecule has 0 saturated heterocycles. The molecule has 0 aromatic heterocycles. The maximum absolute atomic E-state index is 12.5. The molecule has 0 heterocycles. The molecule has 0 bridgehead atoms. The van der Waals surface area contributed by atoms with Crippen LogP contribution in [0.1, 0.15) is 21.5 Å². The van der Waals surface area contributed by atoms with Crippen molar-refractivity contribution in [1.29, 1.82) is 0 Å². The summed E-state index contributed by atoms with van der Waals surface area (Å²) in [6.45, 7) is 0. The van der Waals surface area contributed by atoms with Gasteiger partial charge in [-0.15, -0.1) is 0 Å². The number of hydrogen-bond acceptors (Lipinski definition) is 3. The monoisotopic (exact) mass is 288 g/mol. The summed E-state index contributed by atoms with van der Waals surface area (Å²) >= 11 is 0. The van der Waals surface area contributed by atoms with Crippen molar-refractivity contribution in [2.45, 2.75) is 12.4 Å². The molecule has 0 atom stereocenters. The maximum atomic E-state index is 12.5. The van der Waals surface area contributed by atoms with E-state index in [2.05, 4.69) is 9.78 Å². The lowest BCUT2D eigenvalue weighted by atomic mass is 10.0. The fourth-order valence-electron chi connectivity index (χ4n) is 1.26. The van der Waals surface area contributed by atoms with Crippen LogP contribution in [0.2, 0.25) is 0 Å². The minimum absolute atomic E-state index is 0.0597. The number of benzene rings is 1. The first-order chi connectivity index (χ1) is 8.57. The summed E-state index contributed by atoms with van der Waals surface area (Å²) in [4.78, 5) is 18.9. The molecule has 0 unspecified atom stereocenters. The van der Waals surface area contributed by atoms with Crippen LogP contribution in [0.3, 0.4) is 0 Å². The first-order valence-electron chi connectivity index (χ1n) is 4.61. The van der Waals surface area contributed by atoms with Crippen LogP contribution in [0.4, 0.5) is 26.3 Å². The van der Waals surface area contributed by atoms with Crippen molar-refractivity contribution in [1.82, 2.24) is 0 Å². The summed E-state index contributed by atoms with van der Waals surface area (Å²) in [7, 11) is 0.832. The van der Waals surface area contributed by atoms with E-state index in [4.69, 9.17) is 0 Å². The molecule has 0 amide bonds. The molecule has 1 aromatic rings. The van der Waals surface area contributed by atoms with Crippen LogP contribution < -0.4 is 0 Å². The second-order valence-corrected chi connectivity index (χ2v) is 3.29. The zero-order valence-electron chi connectivity index (χ0n) is 9.22. The van der Waals surface area contributed by atoms with Crippen LogP contribution in [0, 0.1) is 0 Å². The van der Waals surface area contributed by atoms with Gasteiger partial charge < -0.3 is 0 Å². The van der Waals surface area contributed by atoms with E-state index in [1.807, 2.05) is 0 Å². The fraction of sp³-hybridized carbons (Fsp3) is 0.300. The van der Waals surface area contributed by atoms with Gasteiger partial charge in [0.05, 0.1) is 23.8 Å². The van der Waals surface area contributed by atoms with Gasteiger partial charge in [-0.05, 0) is 18.2 Å². The third kappa shape index (κ3) is 3.60. The number of carbonyl (C=O) groups is 1. The maximum Gasteiger partial charge on any atom is 0.417 e. The Kier molecular flexibility index (Phi) is 4.09. The second-order valence-electron chi connectivity index (χ2n) is 3.29. The number of alkyl halides is 6. The van der Waals surface area contributed by atoms with Crippen LogP contribution in [0.25, 0.3) is 0 Å². The van der Waals surface area contributed by atoms with Crippen LogP contribution in [-0.2, 0) is 22.1 Å². The summed E-state index contributed by atoms with van der Waals surface area (Å²) in [6, 6.07) is 0.450. The lowest BCUT2D eigenvalue weighted by Gasteiger charge is -2.14. The lowest BCUT2D eigenvalue weighted by molar-refractivity contribution is -0.216. The van der Waals surface area contributed by atoms with Crippen LogP contribution in [-0.4, -0.2) is 13.1 Å². The van der Waals surface area contributed by atoms with E-state index in [0.29, 0.717) is 0 Å². The van der Waals surface area contributed by atoms with Gasteiger partial charge in [-0.1, -0.05) is 0 Å². The molecule has 1 rings (SSSR count). The molecule has 1 aromatic carbocycles. The van der Waals surface area contributed by atoms with Crippen LogP contribution >= 0.6 is 0 Å². The first-order valence-corrected chi connectivity index (χ1v) is 4.61. The summed E-state index contributed by atoms with van der Waals surface area (Å²) in [6.07, 6.45) is -9.88. The molecule has 0 aliphatic carbocycles. The first kappa shape index (κ1) is 15.3. The number of hydrogen-bond donors (Lipinski definition) is 0. The van der Waals surface area contributed by atoms with Crippen molar-refractivity contribution in [2.75, 3.05) is 7.11 Å². The van der Waals surface area contributed by atoms with E-state index in [1.54, 1.807) is 0 Å². The zero-order valence-corrected chi connectivity index (χ0v) is 9.22. The molecule has 0 fully saturated rings. The van der Waals surface area contributed by atoms with Gasteiger partial charge >= 0.3 is 18.3 Å². The number of rotatable bonds is 2. The van der Waals surface area contributed by atoms with Crippen molar-refractivity contribution >= 4 is 5.97 Å². The highest BCUT2D eigenvalue weighted by atomic mass is 19.4. The van der Waals surface area contributed by atoms with Crippen molar-refractivity contribution < 1.29 is 40.9 Å². The highest BCUT2D eigenvalue weighted by Gasteiger charge is 2.39. The predicted molar refractivity (Wildman–Crippen MR) is 48.9 cm³/mol. The minimum Gasteiger partial charge on any atom is -0.293 e.